The van der Waals surface area contributed by atoms with E-state index in [1.54, 1.807) is 12.1 Å². The number of hydrogen-bond acceptors (Lipinski definition) is 7. The number of carbonyl (C=O) groups excluding carboxylic acids is 2. The molecule has 8 heteroatoms. The molecule has 1 aromatic carbocycles. The molecule has 1 saturated heterocycles. The van der Waals surface area contributed by atoms with Gasteiger partial charge in [0.2, 0.25) is 11.8 Å². The highest BCUT2D eigenvalue weighted by Gasteiger charge is 2.54. The van der Waals surface area contributed by atoms with Crippen LogP contribution in [-0.2, 0) is 16.1 Å². The first kappa shape index (κ1) is 27.3. The fraction of sp³-hybridized carbons (Fsp3) is 0.448. The predicted molar refractivity (Wildman–Crippen MR) is 142 cm³/mol. The number of phenolic OH excluding ortho intramolecular Hbond substituents is 1. The number of carbonyl (C=O) groups is 2. The Balaban J connectivity index is 1.54. The number of rotatable bonds is 11. The molecule has 4 rings (SSSR count). The third-order valence-corrected chi connectivity index (χ3v) is 8.35. The fourth-order valence-electron chi connectivity index (χ4n) is 5.76. The van der Waals surface area contributed by atoms with Crippen LogP contribution in [0.3, 0.4) is 0 Å². The Morgan fingerprint density at radius 1 is 1.14 bits per heavy atom. The van der Waals surface area contributed by atoms with Crippen LogP contribution >= 0.6 is 11.3 Å². The van der Waals surface area contributed by atoms with Crippen molar-refractivity contribution >= 4 is 29.2 Å². The van der Waals surface area contributed by atoms with Crippen LogP contribution in [0.15, 0.2) is 58.5 Å². The van der Waals surface area contributed by atoms with E-state index in [2.05, 4.69) is 13.0 Å². The summed E-state index contributed by atoms with van der Waals surface area (Å²) in [5.41, 5.74) is 3.15. The third-order valence-electron chi connectivity index (χ3n) is 7.49. The zero-order chi connectivity index (χ0) is 26.5. The molecule has 4 N–H and O–H groups in total. The molecule has 7 nitrogen and oxygen atoms in total. The summed E-state index contributed by atoms with van der Waals surface area (Å²) < 4.78 is 0. The summed E-state index contributed by atoms with van der Waals surface area (Å²) in [6, 6.07) is 10.7. The third kappa shape index (κ3) is 5.88. The first-order valence-corrected chi connectivity index (χ1v) is 13.7. The minimum absolute atomic E-state index is 0.202. The quantitative estimate of drug-likeness (QED) is 0.261. The SMILES string of the molecule is CCC/C(=C\c1ccc(O)cc1)CC[C@@H](O)C1=C(CO)C[C@H]2C(=O)N(Cc3cccs3)C(=O)[C@H]2[C@H]1CO. The maximum Gasteiger partial charge on any atom is 0.234 e. The number of allylic oxidation sites excluding steroid dienone is 1. The highest BCUT2D eigenvalue weighted by Crippen LogP contribution is 2.46. The van der Waals surface area contributed by atoms with Crippen molar-refractivity contribution in [1.82, 2.24) is 4.90 Å². The molecule has 4 atom stereocenters. The number of phenols is 1. The van der Waals surface area contributed by atoms with Crippen molar-refractivity contribution in [3.8, 4) is 5.75 Å². The minimum atomic E-state index is -0.949. The van der Waals surface area contributed by atoms with E-state index in [4.69, 9.17) is 0 Å². The number of amides is 2. The van der Waals surface area contributed by atoms with Crippen LogP contribution in [0.25, 0.3) is 6.08 Å². The number of thiophene rings is 1. The standard InChI is InChI=1S/C29H35NO6S/c1-2-4-18(13-19-6-9-21(33)10-7-19)8-11-25(34)26-20(16-31)14-23-27(24(26)17-32)29(36)30(28(23)35)15-22-5-3-12-37-22/h3,5-7,9-10,12-13,23-25,27,31-34H,2,4,8,11,14-17H2,1H3/b18-13+/t23-,24+,25-,27-/m1/s1. The summed E-state index contributed by atoms with van der Waals surface area (Å²) in [5.74, 6) is -2.47. The topological polar surface area (TPSA) is 118 Å². The molecule has 2 amide bonds. The summed E-state index contributed by atoms with van der Waals surface area (Å²) >= 11 is 1.47. The molecular formula is C29H35NO6S. The Hall–Kier alpha value is -2.78. The van der Waals surface area contributed by atoms with Gasteiger partial charge in [0.1, 0.15) is 5.75 Å². The van der Waals surface area contributed by atoms with Crippen molar-refractivity contribution in [1.29, 1.82) is 0 Å². The molecule has 2 aliphatic rings. The van der Waals surface area contributed by atoms with Crippen molar-refractivity contribution in [3.63, 3.8) is 0 Å². The molecule has 2 heterocycles. The van der Waals surface area contributed by atoms with Crippen molar-refractivity contribution in [2.45, 2.75) is 51.7 Å². The largest absolute Gasteiger partial charge is 0.508 e. The van der Waals surface area contributed by atoms with E-state index in [-0.39, 0.29) is 43.7 Å². The predicted octanol–water partition coefficient (Wildman–Crippen LogP) is 3.88. The monoisotopic (exact) mass is 525 g/mol. The van der Waals surface area contributed by atoms with Gasteiger partial charge >= 0.3 is 0 Å². The van der Waals surface area contributed by atoms with Crippen LogP contribution < -0.4 is 0 Å². The van der Waals surface area contributed by atoms with Crippen molar-refractivity contribution in [2.75, 3.05) is 13.2 Å². The van der Waals surface area contributed by atoms with Gasteiger partial charge in [-0.05, 0) is 66.0 Å². The summed E-state index contributed by atoms with van der Waals surface area (Å²) in [7, 11) is 0. The number of nitrogens with zero attached hydrogens (tertiary/aromatic N) is 1. The Bertz CT molecular complexity index is 1150. The maximum atomic E-state index is 13.4. The molecule has 1 fully saturated rings. The highest BCUT2D eigenvalue weighted by molar-refractivity contribution is 7.09. The summed E-state index contributed by atoms with van der Waals surface area (Å²) in [6.45, 7) is 1.58. The van der Waals surface area contributed by atoms with Gasteiger partial charge in [-0.25, -0.2) is 0 Å². The summed E-state index contributed by atoms with van der Waals surface area (Å²) in [5, 5.41) is 43.2. The average Bonchev–Trinajstić information content (AvgIpc) is 3.50. The van der Waals surface area contributed by atoms with Crippen LogP contribution in [0.2, 0.25) is 0 Å². The minimum Gasteiger partial charge on any atom is -0.508 e. The molecule has 1 aliphatic heterocycles. The Morgan fingerprint density at radius 3 is 2.51 bits per heavy atom. The number of aromatic hydroxyl groups is 1. The Morgan fingerprint density at radius 2 is 1.89 bits per heavy atom. The lowest BCUT2D eigenvalue weighted by Crippen LogP contribution is -2.39. The van der Waals surface area contributed by atoms with Gasteiger partial charge in [0.05, 0.1) is 37.7 Å². The van der Waals surface area contributed by atoms with Gasteiger partial charge in [-0.15, -0.1) is 11.3 Å². The maximum absolute atomic E-state index is 13.4. The van der Waals surface area contributed by atoms with E-state index < -0.39 is 23.9 Å². The fourth-order valence-corrected chi connectivity index (χ4v) is 6.45. The number of aliphatic hydroxyl groups excluding tert-OH is 3. The smallest absolute Gasteiger partial charge is 0.234 e. The summed E-state index contributed by atoms with van der Waals surface area (Å²) in [6.07, 6.45) is 4.07. The average molecular weight is 526 g/mol. The number of fused-ring (bicyclic) bond motifs is 1. The zero-order valence-electron chi connectivity index (χ0n) is 21.0. The normalized spacial score (nSPS) is 23.1. The lowest BCUT2D eigenvalue weighted by molar-refractivity contribution is -0.140. The molecule has 0 unspecified atom stereocenters. The molecule has 0 bridgehead atoms. The van der Waals surface area contributed by atoms with E-state index in [0.29, 0.717) is 24.0 Å². The lowest BCUT2D eigenvalue weighted by atomic mass is 9.68. The van der Waals surface area contributed by atoms with E-state index in [1.807, 2.05) is 29.6 Å². The van der Waals surface area contributed by atoms with Gasteiger partial charge < -0.3 is 20.4 Å². The molecule has 1 aromatic heterocycles. The summed E-state index contributed by atoms with van der Waals surface area (Å²) in [4.78, 5) is 28.8. The van der Waals surface area contributed by atoms with Gasteiger partial charge in [0.25, 0.3) is 0 Å². The number of aliphatic hydroxyl groups is 3. The molecule has 0 saturated carbocycles. The Labute approximate surface area is 221 Å². The van der Waals surface area contributed by atoms with E-state index in [1.165, 1.54) is 16.2 Å². The molecule has 37 heavy (non-hydrogen) atoms. The van der Waals surface area contributed by atoms with E-state index in [0.717, 1.165) is 28.9 Å². The second-order valence-electron chi connectivity index (χ2n) is 9.88. The van der Waals surface area contributed by atoms with Gasteiger partial charge in [-0.3, -0.25) is 14.5 Å². The van der Waals surface area contributed by atoms with E-state index >= 15 is 0 Å². The van der Waals surface area contributed by atoms with Crippen LogP contribution in [0.4, 0.5) is 0 Å². The highest BCUT2D eigenvalue weighted by atomic mass is 32.1. The molecule has 0 radical (unpaired) electrons. The van der Waals surface area contributed by atoms with Crippen LogP contribution in [0, 0.1) is 17.8 Å². The first-order chi connectivity index (χ1) is 17.9. The molecule has 2 aromatic rings. The van der Waals surface area contributed by atoms with Crippen molar-refractivity contribution < 1.29 is 30.0 Å². The number of imide groups is 1. The Kier molecular flexibility index (Phi) is 8.97. The number of benzene rings is 1. The van der Waals surface area contributed by atoms with E-state index in [9.17, 15) is 30.0 Å². The zero-order valence-corrected chi connectivity index (χ0v) is 21.9. The van der Waals surface area contributed by atoms with Gasteiger partial charge in [-0.1, -0.05) is 43.2 Å². The second kappa shape index (κ2) is 12.2. The molecule has 198 valence electrons. The van der Waals surface area contributed by atoms with Gasteiger partial charge in [0, 0.05) is 10.8 Å². The number of likely N-dealkylation sites (tertiary alicyclic amines) is 1. The molecule has 0 spiro atoms. The number of hydrogen-bond donors (Lipinski definition) is 4. The molecular weight excluding hydrogens is 490 g/mol. The van der Waals surface area contributed by atoms with Gasteiger partial charge in [-0.2, -0.15) is 0 Å². The van der Waals surface area contributed by atoms with Gasteiger partial charge in [0.15, 0.2) is 0 Å². The van der Waals surface area contributed by atoms with Crippen LogP contribution in [0.5, 0.6) is 5.75 Å². The van der Waals surface area contributed by atoms with Crippen molar-refractivity contribution in [3.05, 3.63) is 68.9 Å². The van der Waals surface area contributed by atoms with Crippen LogP contribution in [0.1, 0.15) is 49.5 Å². The van der Waals surface area contributed by atoms with Crippen LogP contribution in [-0.4, -0.2) is 56.5 Å². The second-order valence-corrected chi connectivity index (χ2v) is 10.9. The van der Waals surface area contributed by atoms with Crippen molar-refractivity contribution in [2.24, 2.45) is 17.8 Å². The lowest BCUT2D eigenvalue weighted by Gasteiger charge is -2.36. The molecule has 1 aliphatic carbocycles. The first-order valence-electron chi connectivity index (χ1n) is 12.9.